The van der Waals surface area contributed by atoms with Crippen molar-refractivity contribution in [1.29, 1.82) is 0 Å². The zero-order valence-electron chi connectivity index (χ0n) is 30.8. The van der Waals surface area contributed by atoms with Crippen LogP contribution in [0, 0.1) is 29.1 Å². The van der Waals surface area contributed by atoms with Gasteiger partial charge in [-0.15, -0.1) is 0 Å². The lowest BCUT2D eigenvalue weighted by atomic mass is 9.49. The Balaban J connectivity index is 0.900. The van der Waals surface area contributed by atoms with Crippen LogP contribution in [0.5, 0.6) is 0 Å². The van der Waals surface area contributed by atoms with Crippen molar-refractivity contribution in [3.8, 4) is 33.4 Å². The van der Waals surface area contributed by atoms with Gasteiger partial charge in [0.25, 0.3) is 0 Å². The number of furan rings is 1. The van der Waals surface area contributed by atoms with E-state index in [1.54, 1.807) is 11.1 Å². The minimum absolute atomic E-state index is 0.220. The average Bonchev–Trinajstić information content (AvgIpc) is 3.86. The van der Waals surface area contributed by atoms with Crippen molar-refractivity contribution >= 4 is 39.0 Å². The molecule has 2 spiro atoms. The minimum Gasteiger partial charge on any atom is -0.456 e. The van der Waals surface area contributed by atoms with Crippen molar-refractivity contribution in [1.82, 2.24) is 0 Å². The Hall–Kier alpha value is -5.86. The summed E-state index contributed by atoms with van der Waals surface area (Å²) in [5.74, 6) is 3.57. The van der Waals surface area contributed by atoms with Gasteiger partial charge in [-0.1, -0.05) is 109 Å². The predicted octanol–water partition coefficient (Wildman–Crippen LogP) is 14.1. The summed E-state index contributed by atoms with van der Waals surface area (Å²) >= 11 is 0. The Morgan fingerprint density at radius 3 is 1.93 bits per heavy atom. The second-order valence-corrected chi connectivity index (χ2v) is 17.4. The number of benzene rings is 7. The van der Waals surface area contributed by atoms with Gasteiger partial charge in [-0.25, -0.2) is 0 Å². The molecule has 2 nitrogen and oxygen atoms in total. The molecule has 1 heterocycles. The molecule has 6 unspecified atom stereocenters. The summed E-state index contributed by atoms with van der Waals surface area (Å²) in [5, 5.41) is 2.29. The summed E-state index contributed by atoms with van der Waals surface area (Å²) in [7, 11) is 0. The number of fused-ring (bicyclic) bond motifs is 12. The normalized spacial score (nSPS) is 26.3. The van der Waals surface area contributed by atoms with Crippen LogP contribution in [0.4, 0.5) is 17.1 Å². The molecule has 6 atom stereocenters. The molecule has 0 N–H and O–H groups in total. The maximum atomic E-state index is 6.38. The van der Waals surface area contributed by atoms with Gasteiger partial charge < -0.3 is 9.32 Å². The average molecular weight is 708 g/mol. The van der Waals surface area contributed by atoms with Gasteiger partial charge in [0.05, 0.1) is 0 Å². The SMILES string of the molecule is c1ccc(-c2ccc(N(c3ccc(-c4ccc5c(c4)-c4ccccc4C54C5CC6CC7CC4C7(C6)C5)cc3)c3ccc4c(c3)oc3ccccc34)cc2)cc1. The van der Waals surface area contributed by atoms with E-state index in [9.17, 15) is 0 Å². The van der Waals surface area contributed by atoms with Gasteiger partial charge in [-0.2, -0.15) is 0 Å². The standard InChI is InChI=1S/C53H41NO/c1-2-8-34(9-3-1)35-14-19-40(20-15-35)54(42-23-24-45-44-11-5-7-13-49(44)55-50(45)30-42)41-21-16-36(17-22-41)37-18-25-48-46(28-37)43-10-4-6-12-47(43)53(48)39-27-33-26-38-29-51(53)52(38,31-33)32-39/h1-25,28,30,33,38-39,51H,26-27,29,31-32H2. The van der Waals surface area contributed by atoms with Gasteiger partial charge in [0, 0.05) is 39.3 Å². The van der Waals surface area contributed by atoms with Crippen LogP contribution in [0.2, 0.25) is 0 Å². The van der Waals surface area contributed by atoms with E-state index in [1.807, 2.05) is 6.07 Å². The summed E-state index contributed by atoms with van der Waals surface area (Å²) in [6.07, 6.45) is 7.35. The first kappa shape index (κ1) is 30.5. The quantitative estimate of drug-likeness (QED) is 0.177. The summed E-state index contributed by atoms with van der Waals surface area (Å²) in [6, 6.07) is 60.7. The fourth-order valence-corrected chi connectivity index (χ4v) is 13.2. The van der Waals surface area contributed by atoms with E-state index in [2.05, 4.69) is 163 Å². The number of nitrogens with zero attached hydrogens (tertiary/aromatic N) is 1. The van der Waals surface area contributed by atoms with E-state index in [-0.39, 0.29) is 5.41 Å². The Labute approximate surface area is 322 Å². The smallest absolute Gasteiger partial charge is 0.137 e. The summed E-state index contributed by atoms with van der Waals surface area (Å²) < 4.78 is 6.38. The van der Waals surface area contributed by atoms with Crippen LogP contribution in [-0.4, -0.2) is 0 Å². The van der Waals surface area contributed by atoms with Crippen LogP contribution < -0.4 is 4.90 Å². The van der Waals surface area contributed by atoms with E-state index in [0.717, 1.165) is 62.7 Å². The zero-order valence-corrected chi connectivity index (χ0v) is 30.8. The number of hydrogen-bond acceptors (Lipinski definition) is 2. The predicted molar refractivity (Wildman–Crippen MR) is 225 cm³/mol. The zero-order chi connectivity index (χ0) is 35.9. The number of anilines is 3. The molecule has 7 aromatic carbocycles. The fourth-order valence-electron chi connectivity index (χ4n) is 13.2. The first-order valence-electron chi connectivity index (χ1n) is 20.4. The van der Waals surface area contributed by atoms with Crippen molar-refractivity contribution in [3.63, 3.8) is 0 Å². The van der Waals surface area contributed by atoms with Gasteiger partial charge >= 0.3 is 0 Å². The van der Waals surface area contributed by atoms with Crippen molar-refractivity contribution in [2.24, 2.45) is 29.1 Å². The highest BCUT2D eigenvalue weighted by Gasteiger charge is 2.76. The van der Waals surface area contributed by atoms with Crippen LogP contribution in [0.25, 0.3) is 55.3 Å². The van der Waals surface area contributed by atoms with Crippen LogP contribution in [0.15, 0.2) is 168 Å². The maximum Gasteiger partial charge on any atom is 0.137 e. The fraction of sp³-hybridized carbons (Fsp3) is 0.208. The molecule has 0 saturated heterocycles. The van der Waals surface area contributed by atoms with Gasteiger partial charge in [-0.05, 0) is 154 Å². The van der Waals surface area contributed by atoms with E-state index < -0.39 is 0 Å². The molecule has 5 aliphatic rings. The third-order valence-corrected chi connectivity index (χ3v) is 15.2. The topological polar surface area (TPSA) is 16.4 Å². The van der Waals surface area contributed by atoms with Crippen molar-refractivity contribution in [3.05, 3.63) is 175 Å². The Morgan fingerprint density at radius 1 is 0.455 bits per heavy atom. The first-order valence-corrected chi connectivity index (χ1v) is 20.4. The van der Waals surface area contributed by atoms with Gasteiger partial charge in [0.15, 0.2) is 0 Å². The maximum absolute atomic E-state index is 6.38. The highest BCUT2D eigenvalue weighted by atomic mass is 16.3. The Kier molecular flexibility index (Phi) is 6.03. The van der Waals surface area contributed by atoms with E-state index in [0.29, 0.717) is 5.41 Å². The molecule has 13 rings (SSSR count). The summed E-state index contributed by atoms with van der Waals surface area (Å²) in [5.41, 5.74) is 17.2. The molecule has 0 aliphatic heterocycles. The van der Waals surface area contributed by atoms with Gasteiger partial charge in [0.2, 0.25) is 0 Å². The molecule has 55 heavy (non-hydrogen) atoms. The largest absolute Gasteiger partial charge is 0.456 e. The number of rotatable bonds is 5. The Bertz CT molecular complexity index is 2830. The number of para-hydroxylation sites is 1. The molecule has 1 aromatic heterocycles. The third-order valence-electron chi connectivity index (χ3n) is 15.2. The molecule has 4 saturated carbocycles. The van der Waals surface area contributed by atoms with Crippen LogP contribution in [0.3, 0.4) is 0 Å². The van der Waals surface area contributed by atoms with E-state index in [1.165, 1.54) is 65.5 Å². The van der Waals surface area contributed by atoms with Gasteiger partial charge in [-0.3, -0.25) is 0 Å². The van der Waals surface area contributed by atoms with Crippen molar-refractivity contribution in [2.75, 3.05) is 4.90 Å². The van der Waals surface area contributed by atoms with E-state index in [4.69, 9.17) is 4.42 Å². The van der Waals surface area contributed by atoms with Crippen molar-refractivity contribution < 1.29 is 4.42 Å². The van der Waals surface area contributed by atoms with Crippen LogP contribution >= 0.6 is 0 Å². The summed E-state index contributed by atoms with van der Waals surface area (Å²) in [6.45, 7) is 0. The van der Waals surface area contributed by atoms with Crippen molar-refractivity contribution in [2.45, 2.75) is 37.5 Å². The minimum atomic E-state index is 0.220. The van der Waals surface area contributed by atoms with Crippen LogP contribution in [-0.2, 0) is 5.41 Å². The molecule has 5 aliphatic carbocycles. The lowest BCUT2D eigenvalue weighted by Crippen LogP contribution is -2.50. The highest BCUT2D eigenvalue weighted by molar-refractivity contribution is 6.06. The molecule has 264 valence electrons. The van der Waals surface area contributed by atoms with E-state index >= 15 is 0 Å². The summed E-state index contributed by atoms with van der Waals surface area (Å²) in [4.78, 5) is 2.35. The highest BCUT2D eigenvalue weighted by Crippen LogP contribution is 2.83. The molecule has 3 bridgehead atoms. The molecular weight excluding hydrogens is 667 g/mol. The Morgan fingerprint density at radius 2 is 1.09 bits per heavy atom. The molecule has 2 heteroatoms. The van der Waals surface area contributed by atoms with Gasteiger partial charge in [0.1, 0.15) is 11.2 Å². The molecular formula is C53H41NO. The molecule has 4 fully saturated rings. The molecule has 0 amide bonds. The second-order valence-electron chi connectivity index (χ2n) is 17.4. The van der Waals surface area contributed by atoms with Crippen LogP contribution in [0.1, 0.15) is 43.2 Å². The second kappa shape index (κ2) is 10.9. The molecule has 8 aromatic rings. The third kappa shape index (κ3) is 4.00. The monoisotopic (exact) mass is 707 g/mol. The lowest BCUT2D eigenvalue weighted by molar-refractivity contribution is -0.0193. The number of hydrogen-bond donors (Lipinski definition) is 0. The first-order chi connectivity index (χ1) is 27.2. The molecule has 0 radical (unpaired) electrons. The lowest BCUT2D eigenvalue weighted by Gasteiger charge is -2.54.